The Kier molecular flexibility index (Phi) is 5.91. The van der Waals surface area contributed by atoms with Crippen LogP contribution < -0.4 is 9.05 Å². The molecule has 7 heteroatoms. The van der Waals surface area contributed by atoms with Gasteiger partial charge in [-0.2, -0.15) is 0 Å². The highest BCUT2D eigenvalue weighted by Crippen LogP contribution is 2.49. The lowest BCUT2D eigenvalue weighted by Crippen LogP contribution is -2.12. The van der Waals surface area contributed by atoms with Gasteiger partial charge in [0.15, 0.2) is 5.78 Å². The number of benzene rings is 3. The first-order valence-corrected chi connectivity index (χ1v) is 9.56. The van der Waals surface area contributed by atoms with Crippen LogP contribution in [0.4, 0.5) is 0 Å². The Hall–Kier alpha value is -3.08. The number of ketones is 1. The number of phosphoric acid groups is 1. The average Bonchev–Trinajstić information content (AvgIpc) is 2.68. The van der Waals surface area contributed by atoms with Crippen molar-refractivity contribution in [1.29, 1.82) is 0 Å². The zero-order valence-electron chi connectivity index (χ0n) is 14.2. The van der Waals surface area contributed by atoms with Crippen LogP contribution in [-0.2, 0) is 9.09 Å². The SMILES string of the molecule is O=C(COP(=O)(Oc1ccccc1)Oc1ccccc1)c1ccc(O)cc1. The molecule has 0 radical (unpaired) electrons. The topological polar surface area (TPSA) is 82.1 Å². The Bertz CT molecular complexity index is 880. The fourth-order valence-corrected chi connectivity index (χ4v) is 3.34. The van der Waals surface area contributed by atoms with Gasteiger partial charge in [0.2, 0.25) is 0 Å². The summed E-state index contributed by atoms with van der Waals surface area (Å²) in [4.78, 5) is 12.3. The summed E-state index contributed by atoms with van der Waals surface area (Å²) in [5.74, 6) is 0.184. The molecule has 0 aromatic heterocycles. The first-order chi connectivity index (χ1) is 13.0. The van der Waals surface area contributed by atoms with Crippen molar-refractivity contribution >= 4 is 13.6 Å². The molecular weight excluding hydrogens is 367 g/mol. The Balaban J connectivity index is 1.75. The van der Waals surface area contributed by atoms with E-state index in [1.54, 1.807) is 60.7 Å². The van der Waals surface area contributed by atoms with E-state index in [9.17, 15) is 14.5 Å². The first kappa shape index (κ1) is 18.7. The van der Waals surface area contributed by atoms with E-state index in [0.29, 0.717) is 5.56 Å². The Morgan fingerprint density at radius 3 is 1.74 bits per heavy atom. The van der Waals surface area contributed by atoms with Crippen LogP contribution >= 0.6 is 7.82 Å². The summed E-state index contributed by atoms with van der Waals surface area (Å²) in [5.41, 5.74) is 0.304. The number of phenolic OH excluding ortho intramolecular Hbond substituents is 1. The second-order valence-electron chi connectivity index (χ2n) is 5.50. The minimum absolute atomic E-state index is 0.0398. The van der Waals surface area contributed by atoms with E-state index in [-0.39, 0.29) is 17.2 Å². The highest BCUT2D eigenvalue weighted by Gasteiger charge is 2.32. The summed E-state index contributed by atoms with van der Waals surface area (Å²) >= 11 is 0. The molecule has 0 fully saturated rings. The molecular formula is C20H17O6P. The largest absolute Gasteiger partial charge is 0.588 e. The summed E-state index contributed by atoms with van der Waals surface area (Å²) in [6.07, 6.45) is 0. The number of carbonyl (C=O) groups excluding carboxylic acids is 1. The standard InChI is InChI=1S/C20H17O6P/c21-17-13-11-16(12-14-17)20(22)15-24-27(23,25-18-7-3-1-4-8-18)26-19-9-5-2-6-10-19/h1-14,21H,15H2. The molecule has 0 aliphatic carbocycles. The van der Waals surface area contributed by atoms with Crippen LogP contribution in [0, 0.1) is 0 Å². The van der Waals surface area contributed by atoms with Crippen molar-refractivity contribution in [2.45, 2.75) is 0 Å². The van der Waals surface area contributed by atoms with E-state index in [1.807, 2.05) is 0 Å². The first-order valence-electron chi connectivity index (χ1n) is 8.10. The zero-order valence-corrected chi connectivity index (χ0v) is 15.1. The van der Waals surface area contributed by atoms with Crippen LogP contribution in [0.5, 0.6) is 17.2 Å². The predicted molar refractivity (Wildman–Crippen MR) is 100 cm³/mol. The summed E-state index contributed by atoms with van der Waals surface area (Å²) in [6, 6.07) is 22.5. The molecule has 3 rings (SSSR count). The van der Waals surface area contributed by atoms with Gasteiger partial charge in [-0.05, 0) is 48.5 Å². The molecule has 0 aliphatic rings. The van der Waals surface area contributed by atoms with Crippen LogP contribution in [0.2, 0.25) is 0 Å². The lowest BCUT2D eigenvalue weighted by atomic mass is 10.1. The van der Waals surface area contributed by atoms with Crippen molar-refractivity contribution in [1.82, 2.24) is 0 Å². The lowest BCUT2D eigenvalue weighted by molar-refractivity contribution is 0.0892. The normalized spacial score (nSPS) is 11.0. The number of carbonyl (C=O) groups is 1. The number of phosphoric ester groups is 1. The molecule has 6 nitrogen and oxygen atoms in total. The highest BCUT2D eigenvalue weighted by molar-refractivity contribution is 7.49. The number of hydrogen-bond donors (Lipinski definition) is 1. The van der Waals surface area contributed by atoms with Gasteiger partial charge in [0, 0.05) is 5.56 Å². The number of aromatic hydroxyl groups is 1. The highest BCUT2D eigenvalue weighted by atomic mass is 31.2. The van der Waals surface area contributed by atoms with E-state index in [2.05, 4.69) is 0 Å². The molecule has 3 aromatic carbocycles. The van der Waals surface area contributed by atoms with Gasteiger partial charge in [-0.3, -0.25) is 9.32 Å². The van der Waals surface area contributed by atoms with Gasteiger partial charge in [-0.15, -0.1) is 0 Å². The van der Waals surface area contributed by atoms with Crippen LogP contribution in [0.1, 0.15) is 10.4 Å². The Morgan fingerprint density at radius 1 is 0.778 bits per heavy atom. The zero-order chi connectivity index (χ0) is 19.1. The second kappa shape index (κ2) is 8.54. The molecule has 3 aromatic rings. The van der Waals surface area contributed by atoms with E-state index >= 15 is 0 Å². The van der Waals surface area contributed by atoms with Crippen molar-refractivity contribution in [3.63, 3.8) is 0 Å². The van der Waals surface area contributed by atoms with E-state index in [1.165, 1.54) is 24.3 Å². The minimum atomic E-state index is -4.12. The van der Waals surface area contributed by atoms with Crippen molar-refractivity contribution in [2.24, 2.45) is 0 Å². The Labute approximate surface area is 156 Å². The maximum Gasteiger partial charge on any atom is 0.588 e. The molecule has 0 saturated carbocycles. The van der Waals surface area contributed by atoms with Gasteiger partial charge in [0.1, 0.15) is 23.9 Å². The van der Waals surface area contributed by atoms with Crippen molar-refractivity contribution in [3.8, 4) is 17.2 Å². The van der Waals surface area contributed by atoms with Crippen molar-refractivity contribution in [3.05, 3.63) is 90.5 Å². The molecule has 0 bridgehead atoms. The smallest absolute Gasteiger partial charge is 0.508 e. The van der Waals surface area contributed by atoms with Gasteiger partial charge in [-0.25, -0.2) is 4.57 Å². The molecule has 0 atom stereocenters. The number of rotatable bonds is 8. The molecule has 0 aliphatic heterocycles. The van der Waals surface area contributed by atoms with Crippen molar-refractivity contribution < 1.29 is 28.0 Å². The number of Topliss-reactive ketones (excluding diaryl/α,β-unsaturated/α-hetero) is 1. The van der Waals surface area contributed by atoms with E-state index < -0.39 is 20.2 Å². The maximum atomic E-state index is 13.1. The fourth-order valence-electron chi connectivity index (χ4n) is 2.16. The van der Waals surface area contributed by atoms with Gasteiger partial charge >= 0.3 is 7.82 Å². The van der Waals surface area contributed by atoms with E-state index in [0.717, 1.165) is 0 Å². The quantitative estimate of drug-likeness (QED) is 0.441. The third-order valence-electron chi connectivity index (χ3n) is 3.46. The number of para-hydroxylation sites is 2. The molecule has 138 valence electrons. The number of phenols is 1. The van der Waals surface area contributed by atoms with Crippen LogP contribution in [-0.4, -0.2) is 17.5 Å². The summed E-state index contributed by atoms with van der Waals surface area (Å²) in [5, 5.41) is 9.30. The predicted octanol–water partition coefficient (Wildman–Crippen LogP) is 4.86. The van der Waals surface area contributed by atoms with Crippen LogP contribution in [0.15, 0.2) is 84.9 Å². The molecule has 0 spiro atoms. The molecule has 0 amide bonds. The average molecular weight is 384 g/mol. The third kappa shape index (κ3) is 5.45. The Morgan fingerprint density at radius 2 is 1.26 bits per heavy atom. The lowest BCUT2D eigenvalue weighted by Gasteiger charge is -2.18. The molecule has 27 heavy (non-hydrogen) atoms. The molecule has 1 N–H and O–H groups in total. The van der Waals surface area contributed by atoms with Gasteiger partial charge < -0.3 is 14.2 Å². The minimum Gasteiger partial charge on any atom is -0.508 e. The summed E-state index contributed by atoms with van der Waals surface area (Å²) in [7, 11) is -4.12. The summed E-state index contributed by atoms with van der Waals surface area (Å²) < 4.78 is 29.2. The third-order valence-corrected chi connectivity index (χ3v) is 4.78. The van der Waals surface area contributed by atoms with Crippen LogP contribution in [0.3, 0.4) is 0 Å². The molecule has 0 unspecified atom stereocenters. The van der Waals surface area contributed by atoms with Gasteiger partial charge in [0.05, 0.1) is 0 Å². The van der Waals surface area contributed by atoms with E-state index in [4.69, 9.17) is 13.6 Å². The fraction of sp³-hybridized carbons (Fsp3) is 0.0500. The van der Waals surface area contributed by atoms with Gasteiger partial charge in [-0.1, -0.05) is 36.4 Å². The van der Waals surface area contributed by atoms with Crippen LogP contribution in [0.25, 0.3) is 0 Å². The molecule has 0 saturated heterocycles. The monoisotopic (exact) mass is 384 g/mol. The summed E-state index contributed by atoms with van der Waals surface area (Å²) in [6.45, 7) is -0.512. The molecule has 0 heterocycles. The van der Waals surface area contributed by atoms with Crippen molar-refractivity contribution in [2.75, 3.05) is 6.61 Å². The van der Waals surface area contributed by atoms with Gasteiger partial charge in [0.25, 0.3) is 0 Å². The maximum absolute atomic E-state index is 13.1. The number of hydrogen-bond acceptors (Lipinski definition) is 6. The second-order valence-corrected chi connectivity index (χ2v) is 7.02.